The molecule has 96 valence electrons. The Bertz CT molecular complexity index is 355. The Hall–Kier alpha value is -1.13. The lowest BCUT2D eigenvalue weighted by Gasteiger charge is -2.24. The molecule has 0 aliphatic heterocycles. The summed E-state index contributed by atoms with van der Waals surface area (Å²) in [5.74, 6) is -0.0886. The quantitative estimate of drug-likeness (QED) is 0.829. The highest BCUT2D eigenvalue weighted by atomic mass is 19.1. The van der Waals surface area contributed by atoms with Crippen molar-refractivity contribution in [2.75, 3.05) is 27.8 Å². The van der Waals surface area contributed by atoms with Crippen LogP contribution in [0.4, 0.5) is 4.39 Å². The maximum absolute atomic E-state index is 13.6. The fourth-order valence-electron chi connectivity index (χ4n) is 1.90. The van der Waals surface area contributed by atoms with Gasteiger partial charge in [-0.3, -0.25) is 0 Å². The van der Waals surface area contributed by atoms with Crippen molar-refractivity contribution in [3.8, 4) is 5.75 Å². The largest absolute Gasteiger partial charge is 0.494 e. The van der Waals surface area contributed by atoms with Crippen LogP contribution in [-0.4, -0.2) is 37.8 Å². The first-order chi connectivity index (χ1) is 8.10. The minimum atomic E-state index is -0.346. The molecule has 1 unspecified atom stereocenters. The summed E-state index contributed by atoms with van der Waals surface area (Å²) in [6.45, 7) is 0.156. The van der Waals surface area contributed by atoms with Gasteiger partial charge in [0.2, 0.25) is 0 Å². The maximum Gasteiger partial charge on any atom is 0.165 e. The Morgan fingerprint density at radius 2 is 2.12 bits per heavy atom. The van der Waals surface area contributed by atoms with Crippen molar-refractivity contribution in [3.05, 3.63) is 29.6 Å². The van der Waals surface area contributed by atoms with Crippen LogP contribution in [0.15, 0.2) is 18.2 Å². The summed E-state index contributed by atoms with van der Waals surface area (Å²) in [7, 11) is 5.35. The lowest BCUT2D eigenvalue weighted by atomic mass is 10.0. The molecule has 1 aromatic carbocycles. The molecule has 0 aliphatic carbocycles. The maximum atomic E-state index is 13.6. The van der Waals surface area contributed by atoms with Crippen molar-refractivity contribution in [1.29, 1.82) is 0 Å². The first-order valence-electron chi connectivity index (χ1n) is 5.71. The van der Waals surface area contributed by atoms with Gasteiger partial charge in [0.25, 0.3) is 0 Å². The Labute approximate surface area is 102 Å². The molecule has 17 heavy (non-hydrogen) atoms. The first-order valence-corrected chi connectivity index (χ1v) is 5.71. The van der Waals surface area contributed by atoms with Crippen molar-refractivity contribution in [1.82, 2.24) is 4.90 Å². The van der Waals surface area contributed by atoms with Gasteiger partial charge in [-0.05, 0) is 44.6 Å². The normalized spacial score (nSPS) is 12.8. The van der Waals surface area contributed by atoms with E-state index in [1.165, 1.54) is 13.2 Å². The molecule has 0 amide bonds. The third kappa shape index (κ3) is 3.68. The van der Waals surface area contributed by atoms with Gasteiger partial charge in [-0.15, -0.1) is 0 Å². The van der Waals surface area contributed by atoms with Gasteiger partial charge in [-0.2, -0.15) is 0 Å². The van der Waals surface area contributed by atoms with Crippen LogP contribution in [-0.2, 0) is 0 Å². The molecule has 0 saturated heterocycles. The average Bonchev–Trinajstić information content (AvgIpc) is 2.29. The molecular weight excluding hydrogens is 221 g/mol. The van der Waals surface area contributed by atoms with Crippen molar-refractivity contribution >= 4 is 0 Å². The molecule has 0 spiro atoms. The first kappa shape index (κ1) is 13.9. The molecular formula is C13H20FNO2. The highest BCUT2D eigenvalue weighted by Gasteiger charge is 2.15. The van der Waals surface area contributed by atoms with Gasteiger partial charge >= 0.3 is 0 Å². The molecule has 0 fully saturated rings. The summed E-state index contributed by atoms with van der Waals surface area (Å²) in [6, 6.07) is 5.12. The van der Waals surface area contributed by atoms with E-state index >= 15 is 0 Å². The highest BCUT2D eigenvalue weighted by molar-refractivity contribution is 5.31. The van der Waals surface area contributed by atoms with Gasteiger partial charge in [0, 0.05) is 12.6 Å². The van der Waals surface area contributed by atoms with Crippen molar-refractivity contribution in [3.63, 3.8) is 0 Å². The van der Waals surface area contributed by atoms with Crippen LogP contribution in [0, 0.1) is 5.82 Å². The molecule has 1 atom stereocenters. The Balaban J connectivity index is 2.90. The van der Waals surface area contributed by atoms with Crippen LogP contribution in [0.25, 0.3) is 0 Å². The zero-order valence-corrected chi connectivity index (χ0v) is 10.6. The molecule has 4 heteroatoms. The van der Waals surface area contributed by atoms with Crippen molar-refractivity contribution < 1.29 is 14.2 Å². The van der Waals surface area contributed by atoms with Crippen LogP contribution in [0.5, 0.6) is 5.75 Å². The van der Waals surface area contributed by atoms with Crippen LogP contribution in [0.1, 0.15) is 24.4 Å². The molecule has 1 N–H and O–H groups in total. The van der Waals surface area contributed by atoms with Crippen molar-refractivity contribution in [2.24, 2.45) is 0 Å². The fraction of sp³-hybridized carbons (Fsp3) is 0.538. The summed E-state index contributed by atoms with van der Waals surface area (Å²) < 4.78 is 18.5. The van der Waals surface area contributed by atoms with Gasteiger partial charge in [0.15, 0.2) is 11.6 Å². The molecule has 0 bridgehead atoms. The standard InChI is InChI=1S/C13H20FNO2/c1-15(2)12(5-4-8-16)10-6-7-13(17-3)11(14)9-10/h6-7,9,12,16H,4-5,8H2,1-3H3. The van der Waals surface area contributed by atoms with E-state index in [0.717, 1.165) is 12.0 Å². The number of hydrogen-bond donors (Lipinski definition) is 1. The van der Waals surface area contributed by atoms with Crippen LogP contribution in [0.2, 0.25) is 0 Å². The van der Waals surface area contributed by atoms with Gasteiger partial charge in [0.05, 0.1) is 7.11 Å². The lowest BCUT2D eigenvalue weighted by Crippen LogP contribution is -2.20. The summed E-state index contributed by atoms with van der Waals surface area (Å²) in [5.41, 5.74) is 0.904. The molecule has 0 aromatic heterocycles. The number of aliphatic hydroxyl groups is 1. The van der Waals surface area contributed by atoms with E-state index in [0.29, 0.717) is 6.42 Å². The predicted octanol–water partition coefficient (Wildman–Crippen LogP) is 2.21. The van der Waals surface area contributed by atoms with Crippen LogP contribution < -0.4 is 4.74 Å². The predicted molar refractivity (Wildman–Crippen MR) is 65.7 cm³/mol. The average molecular weight is 241 g/mol. The van der Waals surface area contributed by atoms with Crippen LogP contribution in [0.3, 0.4) is 0 Å². The number of hydrogen-bond acceptors (Lipinski definition) is 3. The third-order valence-corrected chi connectivity index (χ3v) is 2.82. The van der Waals surface area contributed by atoms with Crippen LogP contribution >= 0.6 is 0 Å². The summed E-state index contributed by atoms with van der Waals surface area (Å²) in [6.07, 6.45) is 1.51. The minimum absolute atomic E-state index is 0.113. The molecule has 3 nitrogen and oxygen atoms in total. The topological polar surface area (TPSA) is 32.7 Å². The second-order valence-corrected chi connectivity index (χ2v) is 4.24. The van der Waals surface area contributed by atoms with E-state index in [1.54, 1.807) is 6.07 Å². The van der Waals surface area contributed by atoms with Gasteiger partial charge in [0.1, 0.15) is 0 Å². The minimum Gasteiger partial charge on any atom is -0.494 e. The summed E-state index contributed by atoms with van der Waals surface area (Å²) in [5, 5.41) is 8.87. The SMILES string of the molecule is COc1ccc(C(CCCO)N(C)C)cc1F. The number of methoxy groups -OCH3 is 1. The zero-order chi connectivity index (χ0) is 12.8. The van der Waals surface area contributed by atoms with E-state index < -0.39 is 0 Å². The van der Waals surface area contributed by atoms with Gasteiger partial charge in [-0.1, -0.05) is 6.07 Å². The highest BCUT2D eigenvalue weighted by Crippen LogP contribution is 2.27. The molecule has 0 radical (unpaired) electrons. The van der Waals surface area contributed by atoms with E-state index in [2.05, 4.69) is 0 Å². The molecule has 0 heterocycles. The second-order valence-electron chi connectivity index (χ2n) is 4.24. The van der Waals surface area contributed by atoms with Gasteiger partial charge in [-0.25, -0.2) is 4.39 Å². The number of nitrogens with zero attached hydrogens (tertiary/aromatic N) is 1. The van der Waals surface area contributed by atoms with E-state index in [1.807, 2.05) is 25.1 Å². The monoisotopic (exact) mass is 241 g/mol. The molecule has 0 saturated carbocycles. The lowest BCUT2D eigenvalue weighted by molar-refractivity contribution is 0.235. The number of aliphatic hydroxyl groups excluding tert-OH is 1. The molecule has 1 aromatic rings. The smallest absolute Gasteiger partial charge is 0.165 e. The Morgan fingerprint density at radius 3 is 2.59 bits per heavy atom. The molecule has 0 aliphatic rings. The number of halogens is 1. The fourth-order valence-corrected chi connectivity index (χ4v) is 1.90. The zero-order valence-electron chi connectivity index (χ0n) is 10.6. The number of ether oxygens (including phenoxy) is 1. The summed E-state index contributed by atoms with van der Waals surface area (Å²) in [4.78, 5) is 2.02. The second kappa shape index (κ2) is 6.57. The Morgan fingerprint density at radius 1 is 1.41 bits per heavy atom. The molecule has 1 rings (SSSR count). The number of benzene rings is 1. The Kier molecular flexibility index (Phi) is 5.38. The summed E-state index contributed by atoms with van der Waals surface area (Å²) >= 11 is 0. The van der Waals surface area contributed by atoms with E-state index in [4.69, 9.17) is 9.84 Å². The van der Waals surface area contributed by atoms with Gasteiger partial charge < -0.3 is 14.7 Å². The number of rotatable bonds is 6. The van der Waals surface area contributed by atoms with Crippen molar-refractivity contribution in [2.45, 2.75) is 18.9 Å². The van der Waals surface area contributed by atoms with E-state index in [9.17, 15) is 4.39 Å². The van der Waals surface area contributed by atoms with E-state index in [-0.39, 0.29) is 24.2 Å². The third-order valence-electron chi connectivity index (χ3n) is 2.82.